The maximum Gasteiger partial charge on any atom is 0.306 e. The topological polar surface area (TPSA) is 51.9 Å². The summed E-state index contributed by atoms with van der Waals surface area (Å²) in [5.74, 6) is 1.67. The van der Waals surface area contributed by atoms with Gasteiger partial charge in [-0.25, -0.2) is 4.57 Å². The van der Waals surface area contributed by atoms with Crippen LogP contribution in [-0.2, 0) is 28.9 Å². The minimum absolute atomic E-state index is 0.125. The van der Waals surface area contributed by atoms with E-state index in [2.05, 4.69) is 159 Å². The number of rotatable bonds is 29. The maximum atomic E-state index is 11.9. The fraction of sp³-hybridized carbons (Fsp3) is 0.410. The van der Waals surface area contributed by atoms with Gasteiger partial charge in [-0.2, -0.15) is 0 Å². The van der Waals surface area contributed by atoms with Gasteiger partial charge in [0.1, 0.15) is 18.0 Å². The van der Waals surface area contributed by atoms with Gasteiger partial charge in [0, 0.05) is 54.4 Å². The number of aryl methyl sites for hydroxylation is 3. The molecule has 69 heavy (non-hydrogen) atoms. The highest BCUT2D eigenvalue weighted by molar-refractivity contribution is 7.25. The van der Waals surface area contributed by atoms with Gasteiger partial charge in [0.25, 0.3) is 0 Å². The number of aromatic nitrogens is 1. The Labute approximate surface area is 421 Å². The number of pyridine rings is 1. The van der Waals surface area contributed by atoms with Crippen molar-refractivity contribution in [3.8, 4) is 42.1 Å². The van der Waals surface area contributed by atoms with E-state index in [1.807, 2.05) is 29.6 Å². The molecule has 0 spiro atoms. The van der Waals surface area contributed by atoms with Crippen LogP contribution in [0.2, 0.25) is 0 Å². The molecular formula is C61H75N2O4S2+. The lowest BCUT2D eigenvalue weighted by Gasteiger charge is -2.26. The van der Waals surface area contributed by atoms with Gasteiger partial charge in [-0.3, -0.25) is 4.79 Å². The summed E-state index contributed by atoms with van der Waals surface area (Å²) in [4.78, 5) is 19.8. The normalized spacial score (nSPS) is 11.3. The Morgan fingerprint density at radius 3 is 1.64 bits per heavy atom. The summed E-state index contributed by atoms with van der Waals surface area (Å²) in [6, 6.07) is 40.4. The lowest BCUT2D eigenvalue weighted by atomic mass is 10.0. The monoisotopic (exact) mass is 964 g/mol. The molecule has 0 aliphatic carbocycles. The number of nitrogens with zero attached hydrogens (tertiary/aromatic N) is 2. The number of thiophene rings is 2. The molecule has 0 aliphatic heterocycles. The van der Waals surface area contributed by atoms with Gasteiger partial charge in [0.15, 0.2) is 12.4 Å². The second-order valence-corrected chi connectivity index (χ2v) is 20.4. The van der Waals surface area contributed by atoms with E-state index in [-0.39, 0.29) is 5.97 Å². The average molecular weight is 964 g/mol. The van der Waals surface area contributed by atoms with Gasteiger partial charge in [-0.05, 0) is 158 Å². The minimum atomic E-state index is -0.125. The van der Waals surface area contributed by atoms with Gasteiger partial charge in [-0.1, -0.05) is 97.3 Å². The molecule has 0 atom stereocenters. The molecule has 0 aliphatic rings. The molecule has 3 aromatic heterocycles. The standard InChI is InChI=1S/C61H75N2O4S2/c1-6-11-15-17-20-49-44-58(61-50(21-18-16-12-7-2)43-57(68-61)48-23-24-51-45-62(39-37-47(51)42-48)38-19-22-59(64)65-10-5)69-60(49)46-25-27-52(28-26-46)63(53-29-33-55(34-30-53)66-40-13-8-3)54-31-35-56(36-32-54)67-41-14-9-4/h23-37,39,42-45H,6-22,38,40-41H2,1-5H3/q+1. The molecule has 364 valence electrons. The third-order valence-corrected chi connectivity index (χ3v) is 15.4. The van der Waals surface area contributed by atoms with Crippen molar-refractivity contribution in [1.29, 1.82) is 0 Å². The first-order valence-corrected chi connectivity index (χ1v) is 27.7. The molecule has 7 aromatic rings. The zero-order valence-corrected chi connectivity index (χ0v) is 43.7. The van der Waals surface area contributed by atoms with Crippen molar-refractivity contribution in [1.82, 2.24) is 0 Å². The largest absolute Gasteiger partial charge is 0.494 e. The molecule has 0 saturated carbocycles. The molecule has 8 heteroatoms. The predicted octanol–water partition coefficient (Wildman–Crippen LogP) is 17.7. The van der Waals surface area contributed by atoms with E-state index in [4.69, 9.17) is 14.2 Å². The lowest BCUT2D eigenvalue weighted by Crippen LogP contribution is -2.32. The zero-order chi connectivity index (χ0) is 48.2. The van der Waals surface area contributed by atoms with E-state index >= 15 is 0 Å². The number of fused-ring (bicyclic) bond motifs is 1. The van der Waals surface area contributed by atoms with Crippen LogP contribution in [0.4, 0.5) is 17.1 Å². The Hall–Kier alpha value is -5.44. The molecule has 0 fully saturated rings. The van der Waals surface area contributed by atoms with Gasteiger partial charge >= 0.3 is 5.97 Å². The van der Waals surface area contributed by atoms with Crippen LogP contribution in [0.3, 0.4) is 0 Å². The number of esters is 1. The quantitative estimate of drug-likeness (QED) is 0.0266. The second kappa shape index (κ2) is 27.1. The van der Waals surface area contributed by atoms with Crippen molar-refractivity contribution in [2.24, 2.45) is 0 Å². The fourth-order valence-corrected chi connectivity index (χ4v) is 11.4. The van der Waals surface area contributed by atoms with Crippen LogP contribution in [0.15, 0.2) is 122 Å². The molecule has 0 saturated heterocycles. The number of hydrogen-bond acceptors (Lipinski definition) is 7. The Kier molecular flexibility index (Phi) is 20.2. The van der Waals surface area contributed by atoms with Crippen molar-refractivity contribution >= 4 is 56.5 Å². The SMILES string of the molecule is CCCCCCc1cc(-c2sc(-c3ccc4c[n+](CCCC(=O)OCC)ccc4c3)cc2CCCCCC)sc1-c1ccc(N(c2ccc(OCCCC)cc2)c2ccc(OCCCC)cc2)cc1. The van der Waals surface area contributed by atoms with E-state index in [0.29, 0.717) is 13.0 Å². The molecule has 0 amide bonds. The van der Waals surface area contributed by atoms with Crippen LogP contribution in [0, 0.1) is 0 Å². The van der Waals surface area contributed by atoms with Gasteiger partial charge in [0.05, 0.1) is 26.2 Å². The first-order chi connectivity index (χ1) is 33.9. The van der Waals surface area contributed by atoms with Crippen LogP contribution in [0.5, 0.6) is 11.5 Å². The fourth-order valence-electron chi connectivity index (χ4n) is 8.85. The van der Waals surface area contributed by atoms with E-state index in [1.165, 1.54) is 104 Å². The Balaban J connectivity index is 1.20. The van der Waals surface area contributed by atoms with Crippen LogP contribution in [0.25, 0.3) is 41.4 Å². The maximum absolute atomic E-state index is 11.9. The molecule has 0 radical (unpaired) electrons. The Bertz CT molecular complexity index is 2580. The highest BCUT2D eigenvalue weighted by atomic mass is 32.1. The summed E-state index contributed by atoms with van der Waals surface area (Å²) in [5.41, 5.74) is 8.74. The zero-order valence-electron chi connectivity index (χ0n) is 42.0. The van der Waals surface area contributed by atoms with E-state index < -0.39 is 0 Å². The number of benzene rings is 4. The number of unbranched alkanes of at least 4 members (excludes halogenated alkanes) is 8. The molecule has 3 heterocycles. The van der Waals surface area contributed by atoms with E-state index in [1.54, 1.807) is 0 Å². The van der Waals surface area contributed by atoms with Crippen molar-refractivity contribution in [2.45, 2.75) is 144 Å². The summed E-state index contributed by atoms with van der Waals surface area (Å²) >= 11 is 3.93. The van der Waals surface area contributed by atoms with Crippen LogP contribution in [0.1, 0.15) is 136 Å². The Morgan fingerprint density at radius 2 is 1.06 bits per heavy atom. The van der Waals surface area contributed by atoms with Gasteiger partial charge < -0.3 is 19.1 Å². The van der Waals surface area contributed by atoms with Crippen molar-refractivity contribution in [2.75, 3.05) is 24.7 Å². The summed E-state index contributed by atoms with van der Waals surface area (Å²) in [6.07, 6.45) is 21.9. The van der Waals surface area contributed by atoms with Crippen LogP contribution in [-0.4, -0.2) is 25.8 Å². The molecule has 6 nitrogen and oxygen atoms in total. The highest BCUT2D eigenvalue weighted by Crippen LogP contribution is 2.47. The minimum Gasteiger partial charge on any atom is -0.494 e. The molecular weight excluding hydrogens is 889 g/mol. The number of anilines is 3. The molecule has 4 aromatic carbocycles. The smallest absolute Gasteiger partial charge is 0.306 e. The van der Waals surface area contributed by atoms with Gasteiger partial charge in [0.2, 0.25) is 0 Å². The number of carbonyl (C=O) groups is 1. The summed E-state index contributed by atoms with van der Waals surface area (Å²) in [5, 5.41) is 2.43. The summed E-state index contributed by atoms with van der Waals surface area (Å²) in [7, 11) is 0. The van der Waals surface area contributed by atoms with Crippen molar-refractivity contribution in [3.63, 3.8) is 0 Å². The lowest BCUT2D eigenvalue weighted by molar-refractivity contribution is -0.696. The molecule has 0 bridgehead atoms. The van der Waals surface area contributed by atoms with E-state index in [0.717, 1.165) is 93.3 Å². The number of carbonyl (C=O) groups excluding carboxylic acids is 1. The highest BCUT2D eigenvalue weighted by Gasteiger charge is 2.20. The molecule has 0 unspecified atom stereocenters. The third kappa shape index (κ3) is 14.6. The summed E-state index contributed by atoms with van der Waals surface area (Å²) < 4.78 is 19.4. The van der Waals surface area contributed by atoms with Gasteiger partial charge in [-0.15, -0.1) is 22.7 Å². The molecule has 7 rings (SSSR count). The van der Waals surface area contributed by atoms with E-state index in [9.17, 15) is 4.79 Å². The van der Waals surface area contributed by atoms with Crippen molar-refractivity contribution < 1.29 is 23.6 Å². The van der Waals surface area contributed by atoms with Crippen LogP contribution >= 0.6 is 22.7 Å². The first kappa shape index (κ1) is 51.4. The third-order valence-electron chi connectivity index (χ3n) is 12.8. The predicted molar refractivity (Wildman–Crippen MR) is 293 cm³/mol. The number of hydrogen-bond donors (Lipinski definition) is 0. The Morgan fingerprint density at radius 1 is 0.522 bits per heavy atom. The summed E-state index contributed by atoms with van der Waals surface area (Å²) in [6.45, 7) is 13.5. The first-order valence-electron chi connectivity index (χ1n) is 26.1. The number of ether oxygens (including phenoxy) is 3. The van der Waals surface area contributed by atoms with Crippen LogP contribution < -0.4 is 18.9 Å². The average Bonchev–Trinajstić information content (AvgIpc) is 4.00. The second-order valence-electron chi connectivity index (χ2n) is 18.3. The molecule has 0 N–H and O–H groups in total. The van der Waals surface area contributed by atoms with Crippen molar-refractivity contribution in [3.05, 3.63) is 133 Å².